The maximum Gasteiger partial charge on any atom is 0.246 e. The molecule has 4 atom stereocenters. The molecule has 0 spiro atoms. The van der Waals surface area contributed by atoms with Crippen molar-refractivity contribution in [2.75, 3.05) is 34.2 Å². The summed E-state index contributed by atoms with van der Waals surface area (Å²) in [6.45, 7) is 5.62. The highest BCUT2D eigenvalue weighted by Crippen LogP contribution is 2.43. The molecular weight excluding hydrogens is 420 g/mol. The first-order valence-electron chi connectivity index (χ1n) is 12.0. The lowest BCUT2D eigenvalue weighted by atomic mass is 9.92. The largest absolute Gasteiger partial charge is 0.508 e. The number of phenols is 1. The first kappa shape index (κ1) is 25.0. The van der Waals surface area contributed by atoms with Gasteiger partial charge in [-0.25, -0.2) is 0 Å². The number of rotatable bonds is 9. The second-order valence-electron chi connectivity index (χ2n) is 10.8. The molecule has 1 aromatic carbocycles. The Hall–Kier alpha value is -2.61. The van der Waals surface area contributed by atoms with Gasteiger partial charge in [0.05, 0.1) is 39.6 Å². The monoisotopic (exact) mass is 459 g/mol. The summed E-state index contributed by atoms with van der Waals surface area (Å²) in [7, 11) is 6.43. The zero-order valence-corrected chi connectivity index (χ0v) is 20.5. The topological polar surface area (TPSA) is 98.7 Å². The van der Waals surface area contributed by atoms with Crippen molar-refractivity contribution in [1.29, 1.82) is 0 Å². The second-order valence-corrected chi connectivity index (χ2v) is 10.8. The van der Waals surface area contributed by atoms with Gasteiger partial charge < -0.3 is 25.1 Å². The maximum absolute atomic E-state index is 13.4. The fourth-order valence-corrected chi connectivity index (χ4v) is 4.90. The van der Waals surface area contributed by atoms with Crippen molar-refractivity contribution in [1.82, 2.24) is 15.5 Å². The molecule has 0 unspecified atom stereocenters. The summed E-state index contributed by atoms with van der Waals surface area (Å²) in [5.41, 5.74) is 0.756. The van der Waals surface area contributed by atoms with Crippen LogP contribution in [0.3, 0.4) is 0 Å². The molecule has 0 saturated carbocycles. The Balaban J connectivity index is 1.79. The maximum atomic E-state index is 13.4. The molecule has 2 aliphatic rings. The van der Waals surface area contributed by atoms with Gasteiger partial charge in [-0.15, -0.1) is 0 Å². The standard InChI is InChI=1S/C25H38N4O4/c1-16(2)14-20-25(33)28-21(24(32)27-20)15-19(22(28)17-8-10-18(30)11-9-17)23(31)26-12-6-7-13-29(3,4)5/h8-11,16,19-22H,6-7,12-15H2,1-5H3,(H2-,26,27,30,31,32)/p+1/t19-,20+,21-,22-/m1/s1. The lowest BCUT2D eigenvalue weighted by Gasteiger charge is -2.39. The minimum atomic E-state index is -0.659. The van der Waals surface area contributed by atoms with E-state index in [0.29, 0.717) is 19.4 Å². The zero-order valence-electron chi connectivity index (χ0n) is 20.5. The van der Waals surface area contributed by atoms with Crippen LogP contribution in [0.4, 0.5) is 0 Å². The van der Waals surface area contributed by atoms with E-state index >= 15 is 0 Å². The van der Waals surface area contributed by atoms with Crippen molar-refractivity contribution < 1.29 is 24.0 Å². The summed E-state index contributed by atoms with van der Waals surface area (Å²) in [5, 5.41) is 15.7. The molecule has 2 fully saturated rings. The van der Waals surface area contributed by atoms with E-state index < -0.39 is 24.0 Å². The van der Waals surface area contributed by atoms with Crippen molar-refractivity contribution in [2.45, 2.75) is 57.7 Å². The Morgan fingerprint density at radius 1 is 1.18 bits per heavy atom. The Morgan fingerprint density at radius 3 is 2.45 bits per heavy atom. The molecule has 3 rings (SSSR count). The molecule has 2 saturated heterocycles. The Kier molecular flexibility index (Phi) is 7.67. The predicted molar refractivity (Wildman–Crippen MR) is 126 cm³/mol. The smallest absolute Gasteiger partial charge is 0.246 e. The number of aromatic hydroxyl groups is 1. The van der Waals surface area contributed by atoms with Crippen molar-refractivity contribution in [3.05, 3.63) is 29.8 Å². The van der Waals surface area contributed by atoms with Crippen molar-refractivity contribution in [3.63, 3.8) is 0 Å². The third-order valence-electron chi connectivity index (χ3n) is 6.50. The van der Waals surface area contributed by atoms with E-state index in [0.717, 1.165) is 29.4 Å². The molecule has 0 radical (unpaired) electrons. The molecule has 0 bridgehead atoms. The molecule has 182 valence electrons. The van der Waals surface area contributed by atoms with Crippen LogP contribution in [-0.2, 0) is 14.4 Å². The van der Waals surface area contributed by atoms with Gasteiger partial charge in [-0.1, -0.05) is 26.0 Å². The third kappa shape index (κ3) is 6.05. The Morgan fingerprint density at radius 2 is 1.85 bits per heavy atom. The highest BCUT2D eigenvalue weighted by molar-refractivity contribution is 5.99. The summed E-state index contributed by atoms with van der Waals surface area (Å²) < 4.78 is 0.880. The number of piperazine rings is 1. The van der Waals surface area contributed by atoms with Gasteiger partial charge in [0.1, 0.15) is 17.8 Å². The van der Waals surface area contributed by atoms with Crippen LogP contribution in [0, 0.1) is 11.8 Å². The van der Waals surface area contributed by atoms with E-state index in [1.54, 1.807) is 29.2 Å². The number of hydrogen-bond acceptors (Lipinski definition) is 4. The minimum absolute atomic E-state index is 0.118. The number of nitrogens with zero attached hydrogens (tertiary/aromatic N) is 2. The van der Waals surface area contributed by atoms with Gasteiger partial charge in [0.2, 0.25) is 17.7 Å². The third-order valence-corrected chi connectivity index (χ3v) is 6.50. The van der Waals surface area contributed by atoms with Crippen LogP contribution < -0.4 is 10.6 Å². The number of carbonyl (C=O) groups excluding carboxylic acids is 3. The van der Waals surface area contributed by atoms with Crippen molar-refractivity contribution >= 4 is 17.7 Å². The van der Waals surface area contributed by atoms with Crippen LogP contribution in [0.15, 0.2) is 24.3 Å². The molecule has 33 heavy (non-hydrogen) atoms. The van der Waals surface area contributed by atoms with E-state index in [1.165, 1.54) is 0 Å². The number of unbranched alkanes of at least 4 members (excludes halogenated alkanes) is 1. The van der Waals surface area contributed by atoms with E-state index in [2.05, 4.69) is 31.8 Å². The van der Waals surface area contributed by atoms with E-state index in [1.807, 2.05) is 13.8 Å². The quantitative estimate of drug-likeness (QED) is 0.387. The van der Waals surface area contributed by atoms with Crippen LogP contribution in [0.2, 0.25) is 0 Å². The predicted octanol–water partition coefficient (Wildman–Crippen LogP) is 1.80. The van der Waals surface area contributed by atoms with Gasteiger partial charge in [0.15, 0.2) is 0 Å². The fraction of sp³-hybridized carbons (Fsp3) is 0.640. The summed E-state index contributed by atoms with van der Waals surface area (Å²) in [4.78, 5) is 41.2. The average Bonchev–Trinajstić information content (AvgIpc) is 3.12. The Bertz CT molecular complexity index is 862. The van der Waals surface area contributed by atoms with Crippen LogP contribution in [0.1, 0.15) is 51.1 Å². The number of phenolic OH excluding ortho intramolecular Hbond substituents is 1. The molecule has 8 nitrogen and oxygen atoms in total. The number of fused-ring (bicyclic) bond motifs is 1. The Labute approximate surface area is 196 Å². The molecule has 0 aliphatic carbocycles. The summed E-state index contributed by atoms with van der Waals surface area (Å²) >= 11 is 0. The van der Waals surface area contributed by atoms with E-state index in [4.69, 9.17) is 0 Å². The van der Waals surface area contributed by atoms with E-state index in [-0.39, 0.29) is 29.4 Å². The molecule has 2 heterocycles. The normalized spacial score (nSPS) is 25.2. The number of nitrogens with one attached hydrogen (secondary N) is 2. The lowest BCUT2D eigenvalue weighted by molar-refractivity contribution is -0.870. The van der Waals surface area contributed by atoms with Gasteiger partial charge in [0, 0.05) is 6.54 Å². The SMILES string of the molecule is CC(C)C[C@@H]1NC(=O)[C@H]2C[C@@H](C(=O)NCCCC[N+](C)(C)C)[C@@H](c3ccc(O)cc3)N2C1=O. The zero-order chi connectivity index (χ0) is 24.3. The molecule has 1 aromatic rings. The van der Waals surface area contributed by atoms with Crippen molar-refractivity contribution in [3.8, 4) is 5.75 Å². The number of amides is 3. The summed E-state index contributed by atoms with van der Waals surface area (Å²) in [6.07, 6.45) is 2.73. The highest BCUT2D eigenvalue weighted by Gasteiger charge is 2.54. The van der Waals surface area contributed by atoms with Crippen LogP contribution >= 0.6 is 0 Å². The first-order valence-corrected chi connectivity index (χ1v) is 12.0. The van der Waals surface area contributed by atoms with Gasteiger partial charge in [-0.3, -0.25) is 14.4 Å². The molecule has 3 amide bonds. The number of hydrogen-bond donors (Lipinski definition) is 3. The van der Waals surface area contributed by atoms with Gasteiger partial charge in [-0.2, -0.15) is 0 Å². The van der Waals surface area contributed by atoms with Gasteiger partial charge >= 0.3 is 0 Å². The van der Waals surface area contributed by atoms with Crippen LogP contribution in [0.5, 0.6) is 5.75 Å². The first-order chi connectivity index (χ1) is 15.5. The molecule has 8 heteroatoms. The lowest BCUT2D eigenvalue weighted by Crippen LogP contribution is -2.61. The summed E-state index contributed by atoms with van der Waals surface area (Å²) in [5.74, 6) is -0.616. The van der Waals surface area contributed by atoms with Crippen LogP contribution in [0.25, 0.3) is 0 Å². The molecule has 2 aliphatic heterocycles. The average molecular weight is 460 g/mol. The van der Waals surface area contributed by atoms with Gasteiger partial charge in [-0.05, 0) is 49.3 Å². The molecule has 0 aromatic heterocycles. The van der Waals surface area contributed by atoms with Gasteiger partial charge in [0.25, 0.3) is 0 Å². The molecule has 3 N–H and O–H groups in total. The van der Waals surface area contributed by atoms with E-state index in [9.17, 15) is 19.5 Å². The van der Waals surface area contributed by atoms with Crippen LogP contribution in [-0.4, -0.2) is 78.5 Å². The fourth-order valence-electron chi connectivity index (χ4n) is 4.90. The number of benzene rings is 1. The van der Waals surface area contributed by atoms with Crippen molar-refractivity contribution in [2.24, 2.45) is 11.8 Å². The number of carbonyl (C=O) groups is 3. The summed E-state index contributed by atoms with van der Waals surface area (Å²) in [6, 6.07) is 4.82. The second kappa shape index (κ2) is 10.1. The minimum Gasteiger partial charge on any atom is -0.508 e. The molecular formula is C25H39N4O4+. The number of quaternary nitrogens is 1. The highest BCUT2D eigenvalue weighted by atomic mass is 16.3.